The zero-order valence-electron chi connectivity index (χ0n) is 16.7. The molecule has 1 heterocycles. The third-order valence-electron chi connectivity index (χ3n) is 4.26. The Morgan fingerprint density at radius 2 is 1.81 bits per heavy atom. The van der Waals surface area contributed by atoms with E-state index in [1.807, 2.05) is 0 Å². The Kier molecular flexibility index (Phi) is 7.23. The van der Waals surface area contributed by atoms with Crippen molar-refractivity contribution in [1.82, 2.24) is 15.6 Å². The fourth-order valence-electron chi connectivity index (χ4n) is 2.80. The maximum absolute atomic E-state index is 13.2. The highest BCUT2D eigenvalue weighted by atomic mass is 19.1. The molecule has 160 valence electrons. The van der Waals surface area contributed by atoms with Gasteiger partial charge in [-0.25, -0.2) is 19.0 Å². The van der Waals surface area contributed by atoms with E-state index >= 15 is 0 Å². The van der Waals surface area contributed by atoms with E-state index in [2.05, 4.69) is 15.6 Å². The van der Waals surface area contributed by atoms with Crippen molar-refractivity contribution in [3.63, 3.8) is 0 Å². The van der Waals surface area contributed by atoms with Crippen LogP contribution in [0.25, 0.3) is 22.2 Å². The second-order valence-corrected chi connectivity index (χ2v) is 6.45. The zero-order chi connectivity index (χ0) is 22.2. The number of rotatable bonds is 7. The molecule has 0 atom stereocenters. The highest BCUT2D eigenvalue weighted by Gasteiger charge is 2.17. The molecule has 0 spiro atoms. The second kappa shape index (κ2) is 10.3. The summed E-state index contributed by atoms with van der Waals surface area (Å²) in [6.45, 7) is -0.119. The summed E-state index contributed by atoms with van der Waals surface area (Å²) in [4.78, 5) is 40.7. The van der Waals surface area contributed by atoms with Gasteiger partial charge in [0, 0.05) is 24.6 Å². The average Bonchev–Trinajstić information content (AvgIpc) is 2.77. The summed E-state index contributed by atoms with van der Waals surface area (Å²) < 4.78 is 23.1. The summed E-state index contributed by atoms with van der Waals surface area (Å²) in [5.41, 5.74) is 1.81. The minimum atomic E-state index is -0.777. The van der Waals surface area contributed by atoms with Crippen LogP contribution in [0.3, 0.4) is 0 Å². The van der Waals surface area contributed by atoms with Gasteiger partial charge in [-0.15, -0.1) is 0 Å². The lowest BCUT2D eigenvalue weighted by Gasteiger charge is -2.10. The van der Waals surface area contributed by atoms with E-state index in [-0.39, 0.29) is 17.9 Å². The molecule has 3 rings (SSSR count). The molecular formula is C22H20FN3O5. The summed E-state index contributed by atoms with van der Waals surface area (Å²) >= 11 is 0. The number of benzene rings is 2. The van der Waals surface area contributed by atoms with Gasteiger partial charge >= 0.3 is 12.0 Å². The number of ether oxygens (including phenoxy) is 2. The number of methoxy groups -OCH3 is 1. The Labute approximate surface area is 177 Å². The van der Waals surface area contributed by atoms with Crippen molar-refractivity contribution in [2.24, 2.45) is 0 Å². The number of aromatic nitrogens is 1. The minimum absolute atomic E-state index is 0.197. The van der Waals surface area contributed by atoms with Gasteiger partial charge in [0.25, 0.3) is 5.91 Å². The van der Waals surface area contributed by atoms with Gasteiger partial charge in [0.2, 0.25) is 0 Å². The summed E-state index contributed by atoms with van der Waals surface area (Å²) in [5, 5.41) is 5.01. The smallest absolute Gasteiger partial charge is 0.339 e. The van der Waals surface area contributed by atoms with Crippen molar-refractivity contribution in [2.45, 2.75) is 0 Å². The molecule has 0 saturated heterocycles. The summed E-state index contributed by atoms with van der Waals surface area (Å²) in [6, 6.07) is 13.5. The van der Waals surface area contributed by atoms with Crippen LogP contribution in [0.5, 0.6) is 0 Å². The van der Waals surface area contributed by atoms with Crippen molar-refractivity contribution in [3.05, 3.63) is 66.0 Å². The number of pyridine rings is 1. The number of nitrogens with zero attached hydrogens (tertiary/aromatic N) is 1. The largest absolute Gasteiger partial charge is 0.452 e. The maximum Gasteiger partial charge on any atom is 0.339 e. The molecule has 0 bridgehead atoms. The fourth-order valence-corrected chi connectivity index (χ4v) is 2.80. The van der Waals surface area contributed by atoms with Crippen molar-refractivity contribution >= 4 is 28.8 Å². The van der Waals surface area contributed by atoms with Gasteiger partial charge < -0.3 is 14.8 Å². The van der Waals surface area contributed by atoms with Crippen LogP contribution >= 0.6 is 0 Å². The molecule has 0 saturated carbocycles. The van der Waals surface area contributed by atoms with Crippen molar-refractivity contribution in [1.29, 1.82) is 0 Å². The number of esters is 1. The van der Waals surface area contributed by atoms with E-state index in [1.54, 1.807) is 36.4 Å². The minimum Gasteiger partial charge on any atom is -0.452 e. The molecule has 3 amide bonds. The lowest BCUT2D eigenvalue weighted by atomic mass is 10.0. The number of halogens is 1. The van der Waals surface area contributed by atoms with Gasteiger partial charge in [-0.2, -0.15) is 0 Å². The van der Waals surface area contributed by atoms with Crippen LogP contribution < -0.4 is 10.6 Å². The van der Waals surface area contributed by atoms with Crippen molar-refractivity contribution < 1.29 is 28.2 Å². The second-order valence-electron chi connectivity index (χ2n) is 6.45. The van der Waals surface area contributed by atoms with Crippen LogP contribution in [0.1, 0.15) is 10.4 Å². The number of urea groups is 1. The number of para-hydroxylation sites is 1. The van der Waals surface area contributed by atoms with E-state index in [0.717, 1.165) is 0 Å². The van der Waals surface area contributed by atoms with E-state index in [9.17, 15) is 18.8 Å². The van der Waals surface area contributed by atoms with Gasteiger partial charge in [-0.05, 0) is 36.4 Å². The molecule has 9 heteroatoms. The molecule has 31 heavy (non-hydrogen) atoms. The molecule has 3 aromatic rings. The number of carbonyl (C=O) groups excluding carboxylic acids is 3. The first-order valence-corrected chi connectivity index (χ1v) is 9.37. The van der Waals surface area contributed by atoms with Crippen LogP contribution in [0, 0.1) is 5.82 Å². The molecule has 2 N–H and O–H groups in total. The van der Waals surface area contributed by atoms with Gasteiger partial charge in [-0.3, -0.25) is 10.1 Å². The summed E-state index contributed by atoms with van der Waals surface area (Å²) in [5.74, 6) is -1.92. The number of fused-ring (bicyclic) bond motifs is 1. The lowest BCUT2D eigenvalue weighted by molar-refractivity contribution is -0.123. The predicted octanol–water partition coefficient (Wildman–Crippen LogP) is 2.67. The maximum atomic E-state index is 13.2. The van der Waals surface area contributed by atoms with Gasteiger partial charge in [0.05, 0.1) is 23.4 Å². The van der Waals surface area contributed by atoms with E-state index < -0.39 is 24.5 Å². The Bertz CT molecular complexity index is 1100. The van der Waals surface area contributed by atoms with Crippen LogP contribution in [0.4, 0.5) is 9.18 Å². The summed E-state index contributed by atoms with van der Waals surface area (Å²) in [7, 11) is 1.48. The Balaban J connectivity index is 1.75. The van der Waals surface area contributed by atoms with Gasteiger partial charge in [-0.1, -0.05) is 18.2 Å². The first kappa shape index (κ1) is 21.8. The number of imide groups is 1. The molecule has 0 unspecified atom stereocenters. The number of hydrogen-bond acceptors (Lipinski definition) is 6. The molecule has 0 aliphatic heterocycles. The Morgan fingerprint density at radius 1 is 1.06 bits per heavy atom. The molecule has 0 aliphatic carbocycles. The first-order chi connectivity index (χ1) is 15.0. The van der Waals surface area contributed by atoms with Crippen LogP contribution in [-0.2, 0) is 14.3 Å². The first-order valence-electron chi connectivity index (χ1n) is 9.37. The van der Waals surface area contributed by atoms with Crippen molar-refractivity contribution in [2.75, 3.05) is 26.9 Å². The van der Waals surface area contributed by atoms with Crippen molar-refractivity contribution in [3.8, 4) is 11.3 Å². The van der Waals surface area contributed by atoms with E-state index in [4.69, 9.17) is 9.47 Å². The third kappa shape index (κ3) is 5.83. The highest BCUT2D eigenvalue weighted by Crippen LogP contribution is 2.25. The van der Waals surface area contributed by atoms with Crippen LogP contribution in [0.15, 0.2) is 54.6 Å². The van der Waals surface area contributed by atoms with E-state index in [0.29, 0.717) is 28.8 Å². The third-order valence-corrected chi connectivity index (χ3v) is 4.26. The fraction of sp³-hybridized carbons (Fsp3) is 0.182. The average molecular weight is 425 g/mol. The SMILES string of the molecule is COCCNC(=O)NC(=O)COC(=O)c1cc(-c2ccc(F)cc2)nc2ccccc12. The summed E-state index contributed by atoms with van der Waals surface area (Å²) in [6.07, 6.45) is 0. The molecule has 1 aromatic heterocycles. The van der Waals surface area contributed by atoms with Crippen LogP contribution in [-0.4, -0.2) is 49.8 Å². The van der Waals surface area contributed by atoms with Crippen LogP contribution in [0.2, 0.25) is 0 Å². The van der Waals surface area contributed by atoms with Gasteiger partial charge in [0.15, 0.2) is 6.61 Å². The quantitative estimate of drug-likeness (QED) is 0.445. The van der Waals surface area contributed by atoms with E-state index in [1.165, 1.54) is 25.3 Å². The Morgan fingerprint density at radius 3 is 2.55 bits per heavy atom. The molecule has 0 radical (unpaired) electrons. The Hall–Kier alpha value is -3.85. The molecule has 0 fully saturated rings. The number of carbonyl (C=O) groups is 3. The number of amides is 3. The molecule has 8 nitrogen and oxygen atoms in total. The standard InChI is InChI=1S/C22H20FN3O5/c1-30-11-10-24-22(29)26-20(27)13-31-21(28)17-12-19(14-6-8-15(23)9-7-14)25-18-5-3-2-4-16(17)18/h2-9,12H,10-11,13H2,1H3,(H2,24,26,27,29). The molecular weight excluding hydrogens is 405 g/mol. The topological polar surface area (TPSA) is 107 Å². The zero-order valence-corrected chi connectivity index (χ0v) is 16.7. The number of nitrogens with one attached hydrogen (secondary N) is 2. The predicted molar refractivity (Wildman–Crippen MR) is 111 cm³/mol. The number of hydrogen-bond donors (Lipinski definition) is 2. The highest BCUT2D eigenvalue weighted by molar-refractivity contribution is 6.05. The monoisotopic (exact) mass is 425 g/mol. The molecule has 2 aromatic carbocycles. The molecule has 0 aliphatic rings. The van der Waals surface area contributed by atoms with Gasteiger partial charge in [0.1, 0.15) is 5.82 Å². The normalized spacial score (nSPS) is 10.5. The lowest BCUT2D eigenvalue weighted by Crippen LogP contribution is -2.42.